The average molecular weight is 565 g/mol. The summed E-state index contributed by atoms with van der Waals surface area (Å²) in [6, 6.07) is 46.0. The lowest BCUT2D eigenvalue weighted by molar-refractivity contribution is 0.281. The molecule has 1 N–H and O–H groups in total. The molecule has 1 aromatic heterocycles. The van der Waals surface area contributed by atoms with Crippen molar-refractivity contribution in [3.8, 4) is 0 Å². The first-order chi connectivity index (χ1) is 20.8. The highest BCUT2D eigenvalue weighted by atomic mass is 32.2. The minimum Gasteiger partial charge on any atom is -0.392 e. The molecule has 5 nitrogen and oxygen atoms in total. The Hall–Kier alpha value is -4.78. The molecular formula is C36H28N4OS. The molecule has 0 saturated carbocycles. The monoisotopic (exact) mass is 564 g/mol. The molecule has 0 fully saturated rings. The largest absolute Gasteiger partial charge is 0.392 e. The van der Waals surface area contributed by atoms with E-state index in [2.05, 4.69) is 126 Å². The minimum atomic E-state index is -0.831. The second-order valence-electron chi connectivity index (χ2n) is 10.2. The van der Waals surface area contributed by atoms with Crippen LogP contribution < -0.4 is 0 Å². The van der Waals surface area contributed by atoms with Gasteiger partial charge in [-0.1, -0.05) is 127 Å². The molecule has 6 heteroatoms. The average Bonchev–Trinajstić information content (AvgIpc) is 3.47. The van der Waals surface area contributed by atoms with Crippen molar-refractivity contribution < 1.29 is 5.11 Å². The van der Waals surface area contributed by atoms with Gasteiger partial charge < -0.3 is 5.11 Å². The summed E-state index contributed by atoms with van der Waals surface area (Å²) < 4.78 is 1.96. The van der Waals surface area contributed by atoms with Crippen LogP contribution >= 0.6 is 11.8 Å². The Balaban J connectivity index is 1.54. The Morgan fingerprint density at radius 1 is 0.714 bits per heavy atom. The van der Waals surface area contributed by atoms with Crippen LogP contribution in [0.4, 0.5) is 0 Å². The molecule has 204 valence electrons. The van der Waals surface area contributed by atoms with Crippen molar-refractivity contribution in [2.24, 2.45) is 0 Å². The summed E-state index contributed by atoms with van der Waals surface area (Å²) in [6.45, 7) is 0.00578. The molecule has 1 aliphatic heterocycles. The molecule has 0 unspecified atom stereocenters. The van der Waals surface area contributed by atoms with E-state index in [0.717, 1.165) is 49.6 Å². The summed E-state index contributed by atoms with van der Waals surface area (Å²) in [5.41, 5.74) is 7.78. The second kappa shape index (κ2) is 11.2. The quantitative estimate of drug-likeness (QED) is 0.217. The van der Waals surface area contributed by atoms with Gasteiger partial charge in [0.2, 0.25) is 0 Å². The number of thioether (sulfide) groups is 1. The van der Waals surface area contributed by atoms with Gasteiger partial charge in [-0.05, 0) is 67.1 Å². The standard InChI is InChI=1S/C36H28N4OS/c41-24-26-20-21-32-33(31-19-11-10-12-27(31)25-42-34(32)22-26)23-35-37-38-39-40(35)36(28-13-4-1-5-14-28,29-15-6-2-7-16-29)30-17-8-3-9-18-30/h1-23,41H,24-25H2. The van der Waals surface area contributed by atoms with Gasteiger partial charge in [0.05, 0.1) is 6.61 Å². The minimum absolute atomic E-state index is 0.00578. The summed E-state index contributed by atoms with van der Waals surface area (Å²) in [5, 5.41) is 23.5. The molecule has 2 heterocycles. The van der Waals surface area contributed by atoms with Crippen LogP contribution in [0.25, 0.3) is 11.6 Å². The Morgan fingerprint density at radius 2 is 1.31 bits per heavy atom. The fraction of sp³-hybridized carbons (Fsp3) is 0.0833. The molecule has 7 rings (SSSR count). The third-order valence-corrected chi connectivity index (χ3v) is 8.97. The molecule has 1 aliphatic rings. The fourth-order valence-corrected chi connectivity index (χ4v) is 7.06. The van der Waals surface area contributed by atoms with Crippen molar-refractivity contribution >= 4 is 23.4 Å². The number of hydrogen-bond donors (Lipinski definition) is 1. The Bertz CT molecular complexity index is 1770. The molecule has 0 saturated heterocycles. The normalized spacial score (nSPS) is 13.8. The summed E-state index contributed by atoms with van der Waals surface area (Å²) in [4.78, 5) is 1.13. The first-order valence-corrected chi connectivity index (χ1v) is 14.9. The van der Waals surface area contributed by atoms with E-state index in [9.17, 15) is 5.11 Å². The van der Waals surface area contributed by atoms with Crippen LogP contribution in [0.2, 0.25) is 0 Å². The van der Waals surface area contributed by atoms with Crippen LogP contribution in [-0.2, 0) is 17.9 Å². The Kier molecular flexibility index (Phi) is 7.00. The number of nitrogens with zero attached hydrogens (tertiary/aromatic N) is 4. The van der Waals surface area contributed by atoms with Crippen LogP contribution in [0.15, 0.2) is 138 Å². The van der Waals surface area contributed by atoms with Crippen molar-refractivity contribution in [1.82, 2.24) is 20.2 Å². The Labute approximate surface area is 249 Å². The number of benzene rings is 5. The topological polar surface area (TPSA) is 63.8 Å². The number of fused-ring (bicyclic) bond motifs is 2. The van der Waals surface area contributed by atoms with E-state index in [4.69, 9.17) is 5.21 Å². The molecule has 0 spiro atoms. The number of hydrogen-bond acceptors (Lipinski definition) is 5. The molecule has 0 amide bonds. The van der Waals surface area contributed by atoms with Crippen LogP contribution in [0, 0.1) is 0 Å². The molecule has 6 aromatic rings. The molecule has 42 heavy (non-hydrogen) atoms. The van der Waals surface area contributed by atoms with Gasteiger partial charge in [-0.2, -0.15) is 0 Å². The van der Waals surface area contributed by atoms with Crippen molar-refractivity contribution in [2.45, 2.75) is 22.8 Å². The van der Waals surface area contributed by atoms with Crippen molar-refractivity contribution in [3.05, 3.63) is 178 Å². The van der Waals surface area contributed by atoms with Gasteiger partial charge in [0.1, 0.15) is 5.54 Å². The summed E-state index contributed by atoms with van der Waals surface area (Å²) in [7, 11) is 0. The number of aliphatic hydroxyl groups is 1. The lowest BCUT2D eigenvalue weighted by Gasteiger charge is -2.36. The van der Waals surface area contributed by atoms with E-state index in [1.165, 1.54) is 5.56 Å². The zero-order chi connectivity index (χ0) is 28.4. The van der Waals surface area contributed by atoms with Crippen molar-refractivity contribution in [2.75, 3.05) is 0 Å². The van der Waals surface area contributed by atoms with Gasteiger partial charge in [-0.3, -0.25) is 0 Å². The summed E-state index contributed by atoms with van der Waals surface area (Å²) in [5.74, 6) is 1.47. The van der Waals surface area contributed by atoms with Gasteiger partial charge in [-0.15, -0.1) is 16.9 Å². The van der Waals surface area contributed by atoms with Gasteiger partial charge in [-0.25, -0.2) is 4.68 Å². The molecular weight excluding hydrogens is 536 g/mol. The lowest BCUT2D eigenvalue weighted by Crippen LogP contribution is -2.39. The van der Waals surface area contributed by atoms with Crippen molar-refractivity contribution in [3.63, 3.8) is 0 Å². The third kappa shape index (κ3) is 4.45. The van der Waals surface area contributed by atoms with E-state index in [1.54, 1.807) is 11.8 Å². The highest BCUT2D eigenvalue weighted by Gasteiger charge is 2.41. The van der Waals surface area contributed by atoms with Gasteiger partial charge >= 0.3 is 0 Å². The molecule has 0 atom stereocenters. The maximum absolute atomic E-state index is 9.85. The highest BCUT2D eigenvalue weighted by molar-refractivity contribution is 7.98. The van der Waals surface area contributed by atoms with E-state index in [0.29, 0.717) is 5.82 Å². The smallest absolute Gasteiger partial charge is 0.177 e. The van der Waals surface area contributed by atoms with Crippen LogP contribution in [-0.4, -0.2) is 25.3 Å². The first-order valence-electron chi connectivity index (χ1n) is 13.9. The number of aromatic nitrogens is 4. The Morgan fingerprint density at radius 3 is 1.93 bits per heavy atom. The van der Waals surface area contributed by atoms with Crippen molar-refractivity contribution in [1.29, 1.82) is 0 Å². The van der Waals surface area contributed by atoms with E-state index < -0.39 is 5.54 Å². The zero-order valence-electron chi connectivity index (χ0n) is 22.8. The van der Waals surface area contributed by atoms with Gasteiger partial charge in [0, 0.05) is 10.6 Å². The van der Waals surface area contributed by atoms with E-state index in [1.807, 2.05) is 28.9 Å². The number of rotatable bonds is 6. The molecule has 0 bridgehead atoms. The van der Waals surface area contributed by atoms with Crippen LogP contribution in [0.1, 0.15) is 44.8 Å². The predicted octanol–water partition coefficient (Wildman–Crippen LogP) is 7.20. The van der Waals surface area contributed by atoms with E-state index >= 15 is 0 Å². The summed E-state index contributed by atoms with van der Waals surface area (Å²) >= 11 is 1.79. The highest BCUT2D eigenvalue weighted by Crippen LogP contribution is 2.44. The fourth-order valence-electron chi connectivity index (χ4n) is 5.93. The first kappa shape index (κ1) is 26.1. The van der Waals surface area contributed by atoms with Gasteiger partial charge in [0.15, 0.2) is 5.82 Å². The molecule has 0 aliphatic carbocycles. The predicted molar refractivity (Wildman–Crippen MR) is 168 cm³/mol. The maximum Gasteiger partial charge on any atom is 0.177 e. The maximum atomic E-state index is 9.85. The summed E-state index contributed by atoms with van der Waals surface area (Å²) in [6.07, 6.45) is 2.12. The van der Waals surface area contributed by atoms with Gasteiger partial charge in [0.25, 0.3) is 0 Å². The third-order valence-electron chi connectivity index (χ3n) is 7.87. The number of tetrazole rings is 1. The van der Waals surface area contributed by atoms with Crippen LogP contribution in [0.5, 0.6) is 0 Å². The van der Waals surface area contributed by atoms with E-state index in [-0.39, 0.29) is 6.61 Å². The SMILES string of the molecule is OCc1ccc2c(c1)SCc1ccccc1C2=Cc1nnnn1C(c1ccccc1)(c1ccccc1)c1ccccc1. The molecule has 5 aromatic carbocycles. The van der Waals surface area contributed by atoms with Crippen LogP contribution in [0.3, 0.4) is 0 Å². The lowest BCUT2D eigenvalue weighted by atomic mass is 9.77. The second-order valence-corrected chi connectivity index (χ2v) is 11.3. The zero-order valence-corrected chi connectivity index (χ0v) is 23.7. The molecule has 0 radical (unpaired) electrons. The number of aliphatic hydroxyl groups excluding tert-OH is 1.